The number of hydrogen-bond donors (Lipinski definition) is 1. The molecule has 1 aliphatic carbocycles. The maximum atomic E-state index is 4.54. The molecule has 0 bridgehead atoms. The first-order valence-electron chi connectivity index (χ1n) is 6.93. The highest BCUT2D eigenvalue weighted by atomic mass is 15.2. The van der Waals surface area contributed by atoms with Crippen molar-refractivity contribution in [3.05, 3.63) is 30.7 Å². The zero-order valence-electron chi connectivity index (χ0n) is 12.2. The molecule has 1 aromatic heterocycles. The molecule has 0 aliphatic heterocycles. The molecule has 0 spiro atoms. The van der Waals surface area contributed by atoms with Gasteiger partial charge in [-0.25, -0.2) is 4.98 Å². The molecule has 0 saturated heterocycles. The van der Waals surface area contributed by atoms with E-state index in [0.29, 0.717) is 6.04 Å². The molecule has 0 atom stereocenters. The molecule has 0 aromatic carbocycles. The van der Waals surface area contributed by atoms with Crippen LogP contribution in [0.15, 0.2) is 25.0 Å². The van der Waals surface area contributed by atoms with Crippen molar-refractivity contribution in [2.45, 2.75) is 51.7 Å². The molecule has 0 radical (unpaired) electrons. The van der Waals surface area contributed by atoms with Gasteiger partial charge in [0.25, 0.3) is 0 Å². The average molecular weight is 260 g/mol. The summed E-state index contributed by atoms with van der Waals surface area (Å²) in [4.78, 5) is 11.3. The largest absolute Gasteiger partial charge is 0.349 e. The molecular weight excluding hydrogens is 236 g/mol. The zero-order valence-corrected chi connectivity index (χ0v) is 12.2. The van der Waals surface area contributed by atoms with Crippen LogP contribution in [0.4, 0.5) is 5.82 Å². The lowest BCUT2D eigenvalue weighted by molar-refractivity contribution is 0.421. The number of anilines is 1. The Morgan fingerprint density at radius 3 is 2.58 bits per heavy atom. The molecule has 1 aromatic rings. The van der Waals surface area contributed by atoms with Gasteiger partial charge in [-0.2, -0.15) is 0 Å². The Hall–Kier alpha value is -1.42. The SMILES string of the molecule is C=CCN(c1cnc(CNC(C)(C)C)cn1)C1CC1. The van der Waals surface area contributed by atoms with E-state index in [1.54, 1.807) is 0 Å². The quantitative estimate of drug-likeness (QED) is 0.798. The van der Waals surface area contributed by atoms with Crippen molar-refractivity contribution < 1.29 is 0 Å². The van der Waals surface area contributed by atoms with Crippen LogP contribution in [0, 0.1) is 0 Å². The van der Waals surface area contributed by atoms with Gasteiger partial charge in [-0.1, -0.05) is 6.08 Å². The summed E-state index contributed by atoms with van der Waals surface area (Å²) in [6.07, 6.45) is 8.18. The Morgan fingerprint density at radius 2 is 2.11 bits per heavy atom. The van der Waals surface area contributed by atoms with Gasteiger partial charge in [0.15, 0.2) is 0 Å². The van der Waals surface area contributed by atoms with Crippen molar-refractivity contribution in [2.75, 3.05) is 11.4 Å². The lowest BCUT2D eigenvalue weighted by Gasteiger charge is -2.22. The second-order valence-electron chi connectivity index (χ2n) is 6.14. The molecule has 1 aliphatic rings. The highest BCUT2D eigenvalue weighted by molar-refractivity contribution is 5.40. The van der Waals surface area contributed by atoms with E-state index in [-0.39, 0.29) is 5.54 Å². The molecule has 4 nitrogen and oxygen atoms in total. The molecule has 4 heteroatoms. The highest BCUT2D eigenvalue weighted by Crippen LogP contribution is 2.29. The Morgan fingerprint density at radius 1 is 1.37 bits per heavy atom. The van der Waals surface area contributed by atoms with E-state index >= 15 is 0 Å². The number of aromatic nitrogens is 2. The first-order chi connectivity index (χ1) is 8.99. The third-order valence-corrected chi connectivity index (χ3v) is 3.10. The molecular formula is C15H24N4. The van der Waals surface area contributed by atoms with Gasteiger partial charge in [-0.3, -0.25) is 4.98 Å². The summed E-state index contributed by atoms with van der Waals surface area (Å²) in [6, 6.07) is 0.630. The van der Waals surface area contributed by atoms with Crippen LogP contribution >= 0.6 is 0 Å². The fourth-order valence-corrected chi connectivity index (χ4v) is 1.90. The first-order valence-corrected chi connectivity index (χ1v) is 6.93. The molecule has 19 heavy (non-hydrogen) atoms. The van der Waals surface area contributed by atoms with Gasteiger partial charge in [-0.15, -0.1) is 6.58 Å². The normalized spacial score (nSPS) is 15.3. The molecule has 1 fully saturated rings. The smallest absolute Gasteiger partial charge is 0.147 e. The Balaban J connectivity index is 1.98. The molecule has 0 unspecified atom stereocenters. The lowest BCUT2D eigenvalue weighted by atomic mass is 10.1. The van der Waals surface area contributed by atoms with E-state index in [2.05, 4.69) is 47.5 Å². The summed E-state index contributed by atoms with van der Waals surface area (Å²) >= 11 is 0. The third-order valence-electron chi connectivity index (χ3n) is 3.10. The number of nitrogens with zero attached hydrogens (tertiary/aromatic N) is 3. The minimum Gasteiger partial charge on any atom is -0.349 e. The van der Waals surface area contributed by atoms with Gasteiger partial charge in [0.2, 0.25) is 0 Å². The second kappa shape index (κ2) is 5.70. The molecule has 1 heterocycles. The molecule has 1 N–H and O–H groups in total. The number of nitrogens with one attached hydrogen (secondary N) is 1. The van der Waals surface area contributed by atoms with Gasteiger partial charge in [-0.05, 0) is 33.6 Å². The van der Waals surface area contributed by atoms with Crippen LogP contribution in [0.1, 0.15) is 39.3 Å². The van der Waals surface area contributed by atoms with Gasteiger partial charge < -0.3 is 10.2 Å². The van der Waals surface area contributed by atoms with Gasteiger partial charge in [0.1, 0.15) is 5.82 Å². The Kier molecular flexibility index (Phi) is 4.20. The monoisotopic (exact) mass is 260 g/mol. The molecule has 2 rings (SSSR count). The van der Waals surface area contributed by atoms with Crippen LogP contribution < -0.4 is 10.2 Å². The van der Waals surface area contributed by atoms with Crippen molar-refractivity contribution in [1.29, 1.82) is 0 Å². The predicted octanol–water partition coefficient (Wildman–Crippen LogP) is 2.52. The number of rotatable bonds is 6. The van der Waals surface area contributed by atoms with Crippen molar-refractivity contribution >= 4 is 5.82 Å². The van der Waals surface area contributed by atoms with E-state index in [0.717, 1.165) is 24.6 Å². The van der Waals surface area contributed by atoms with Crippen LogP contribution in [0.2, 0.25) is 0 Å². The van der Waals surface area contributed by atoms with Crippen molar-refractivity contribution in [3.63, 3.8) is 0 Å². The third kappa shape index (κ3) is 4.31. The van der Waals surface area contributed by atoms with Crippen LogP contribution in [-0.2, 0) is 6.54 Å². The fraction of sp³-hybridized carbons (Fsp3) is 0.600. The van der Waals surface area contributed by atoms with Crippen LogP contribution in [0.25, 0.3) is 0 Å². The maximum Gasteiger partial charge on any atom is 0.147 e. The minimum atomic E-state index is 0.100. The van der Waals surface area contributed by atoms with Crippen molar-refractivity contribution in [3.8, 4) is 0 Å². The van der Waals surface area contributed by atoms with Crippen molar-refractivity contribution in [1.82, 2.24) is 15.3 Å². The summed E-state index contributed by atoms with van der Waals surface area (Å²) < 4.78 is 0. The standard InChI is InChI=1S/C15H24N4/c1-5-8-19(13-6-7-13)14-11-16-12(9-17-14)10-18-15(2,3)4/h5,9,11,13,18H,1,6-8,10H2,2-4H3. The Labute approximate surface area is 115 Å². The highest BCUT2D eigenvalue weighted by Gasteiger charge is 2.29. The van der Waals surface area contributed by atoms with E-state index in [4.69, 9.17) is 0 Å². The fourth-order valence-electron chi connectivity index (χ4n) is 1.90. The number of hydrogen-bond acceptors (Lipinski definition) is 4. The summed E-state index contributed by atoms with van der Waals surface area (Å²) in [5, 5.41) is 3.41. The second-order valence-corrected chi connectivity index (χ2v) is 6.14. The van der Waals surface area contributed by atoms with E-state index < -0.39 is 0 Å². The van der Waals surface area contributed by atoms with Gasteiger partial charge in [0, 0.05) is 24.7 Å². The van der Waals surface area contributed by atoms with E-state index in [1.165, 1.54) is 12.8 Å². The lowest BCUT2D eigenvalue weighted by Crippen LogP contribution is -2.35. The summed E-state index contributed by atoms with van der Waals surface area (Å²) in [5.41, 5.74) is 1.08. The van der Waals surface area contributed by atoms with E-state index in [9.17, 15) is 0 Å². The first kappa shape index (κ1) is 14.0. The minimum absolute atomic E-state index is 0.100. The van der Waals surface area contributed by atoms with Crippen LogP contribution in [-0.4, -0.2) is 28.1 Å². The topological polar surface area (TPSA) is 41.1 Å². The maximum absolute atomic E-state index is 4.54. The zero-order chi connectivity index (χ0) is 13.9. The predicted molar refractivity (Wildman–Crippen MR) is 79.2 cm³/mol. The van der Waals surface area contributed by atoms with E-state index in [1.807, 2.05) is 18.5 Å². The van der Waals surface area contributed by atoms with Crippen LogP contribution in [0.5, 0.6) is 0 Å². The van der Waals surface area contributed by atoms with Crippen molar-refractivity contribution in [2.24, 2.45) is 0 Å². The average Bonchev–Trinajstić information content (AvgIpc) is 3.18. The molecule has 0 amide bonds. The summed E-state index contributed by atoms with van der Waals surface area (Å²) in [5.74, 6) is 0.960. The van der Waals surface area contributed by atoms with Crippen LogP contribution in [0.3, 0.4) is 0 Å². The summed E-state index contributed by atoms with van der Waals surface area (Å²) in [7, 11) is 0. The summed E-state index contributed by atoms with van der Waals surface area (Å²) in [6.45, 7) is 11.8. The molecule has 104 valence electrons. The van der Waals surface area contributed by atoms with Gasteiger partial charge >= 0.3 is 0 Å². The Bertz CT molecular complexity index is 415. The van der Waals surface area contributed by atoms with Gasteiger partial charge in [0.05, 0.1) is 18.1 Å². The molecule has 1 saturated carbocycles.